The van der Waals surface area contributed by atoms with Crippen LogP contribution in [-0.4, -0.2) is 51.7 Å². The summed E-state index contributed by atoms with van der Waals surface area (Å²) in [7, 11) is 0. The van der Waals surface area contributed by atoms with Crippen LogP contribution in [0.4, 0.5) is 4.79 Å². The third-order valence-corrected chi connectivity index (χ3v) is 3.78. The van der Waals surface area contributed by atoms with Crippen LogP contribution in [0.25, 0.3) is 0 Å². The summed E-state index contributed by atoms with van der Waals surface area (Å²) in [4.78, 5) is 36.8. The number of piperidine rings is 1. The number of alkyl carbamates (subject to hydrolysis) is 1. The van der Waals surface area contributed by atoms with Crippen LogP contribution in [0.5, 0.6) is 0 Å². The minimum atomic E-state index is -0.981. The van der Waals surface area contributed by atoms with Crippen molar-refractivity contribution in [2.75, 3.05) is 0 Å². The highest BCUT2D eigenvalue weighted by Crippen LogP contribution is 2.32. The minimum absolute atomic E-state index is 0.104. The van der Waals surface area contributed by atoms with E-state index in [1.807, 2.05) is 0 Å². The Bertz CT molecular complexity index is 457. The van der Waals surface area contributed by atoms with Crippen LogP contribution in [0, 0.1) is 0 Å². The number of hydrogen-bond donors (Lipinski definition) is 2. The van der Waals surface area contributed by atoms with E-state index < -0.39 is 29.7 Å². The van der Waals surface area contributed by atoms with Crippen LogP contribution in [0.1, 0.15) is 46.5 Å². The zero-order chi connectivity index (χ0) is 15.8. The molecule has 0 aromatic rings. The van der Waals surface area contributed by atoms with Crippen LogP contribution in [-0.2, 0) is 14.3 Å². The molecule has 2 saturated heterocycles. The van der Waals surface area contributed by atoms with Crippen molar-refractivity contribution >= 4 is 18.0 Å². The Morgan fingerprint density at radius 2 is 2.00 bits per heavy atom. The molecule has 2 heterocycles. The largest absolute Gasteiger partial charge is 0.480 e. The third-order valence-electron chi connectivity index (χ3n) is 3.78. The maximum atomic E-state index is 12.3. The van der Waals surface area contributed by atoms with Crippen molar-refractivity contribution in [2.24, 2.45) is 0 Å². The van der Waals surface area contributed by atoms with Gasteiger partial charge in [0.15, 0.2) is 0 Å². The molecule has 0 unspecified atom stereocenters. The number of aliphatic carboxylic acids is 1. The van der Waals surface area contributed by atoms with E-state index in [0.717, 1.165) is 12.8 Å². The highest BCUT2D eigenvalue weighted by atomic mass is 16.6. The van der Waals surface area contributed by atoms with Gasteiger partial charge >= 0.3 is 12.1 Å². The maximum absolute atomic E-state index is 12.3. The Morgan fingerprint density at radius 3 is 2.57 bits per heavy atom. The number of nitrogens with zero attached hydrogens (tertiary/aromatic N) is 1. The van der Waals surface area contributed by atoms with E-state index in [0.29, 0.717) is 12.8 Å². The number of carboxylic acids is 1. The van der Waals surface area contributed by atoms with Crippen LogP contribution in [0.3, 0.4) is 0 Å². The second kappa shape index (κ2) is 5.54. The molecular weight excluding hydrogens is 276 g/mol. The van der Waals surface area contributed by atoms with E-state index in [9.17, 15) is 19.5 Å². The number of fused-ring (bicyclic) bond motifs is 1. The van der Waals surface area contributed by atoms with Gasteiger partial charge in [-0.1, -0.05) is 0 Å². The number of amides is 2. The quantitative estimate of drug-likeness (QED) is 0.796. The number of hydrogen-bond acceptors (Lipinski definition) is 4. The minimum Gasteiger partial charge on any atom is -0.480 e. The van der Waals surface area contributed by atoms with Crippen LogP contribution < -0.4 is 5.32 Å². The van der Waals surface area contributed by atoms with E-state index in [1.165, 1.54) is 4.90 Å². The van der Waals surface area contributed by atoms with Crippen molar-refractivity contribution in [1.29, 1.82) is 0 Å². The first-order valence-corrected chi connectivity index (χ1v) is 7.23. The van der Waals surface area contributed by atoms with Gasteiger partial charge in [-0.2, -0.15) is 0 Å². The molecule has 21 heavy (non-hydrogen) atoms. The molecule has 118 valence electrons. The summed E-state index contributed by atoms with van der Waals surface area (Å²) in [6.07, 6.45) is 1.83. The molecule has 7 heteroatoms. The summed E-state index contributed by atoms with van der Waals surface area (Å²) in [5.74, 6) is -1.30. The molecule has 2 aliphatic rings. The number of nitrogens with one attached hydrogen (secondary N) is 1. The smallest absolute Gasteiger partial charge is 0.408 e. The molecule has 2 amide bonds. The van der Waals surface area contributed by atoms with E-state index in [4.69, 9.17) is 4.74 Å². The molecule has 0 saturated carbocycles. The fraction of sp³-hybridized carbons (Fsp3) is 0.786. The molecule has 2 N–H and O–H groups in total. The van der Waals surface area contributed by atoms with Crippen molar-refractivity contribution in [3.8, 4) is 0 Å². The first-order valence-electron chi connectivity index (χ1n) is 7.23. The SMILES string of the molecule is CC(C)(C)OC(=O)N[C@H]1C[C@H]2CCC[C@H](C(=O)O)N2C1=O. The summed E-state index contributed by atoms with van der Waals surface area (Å²) >= 11 is 0. The molecule has 2 rings (SSSR count). The first-order chi connectivity index (χ1) is 9.69. The third kappa shape index (κ3) is 3.46. The van der Waals surface area contributed by atoms with Crippen molar-refractivity contribution in [1.82, 2.24) is 10.2 Å². The first kappa shape index (κ1) is 15.6. The standard InChI is InChI=1S/C14H22N2O5/c1-14(2,3)21-13(20)15-9-7-8-5-4-6-10(12(18)19)16(8)11(9)17/h8-10H,4-7H2,1-3H3,(H,15,20)(H,18,19)/t8-,9+,10-/m1/s1. The van der Waals surface area contributed by atoms with E-state index in [2.05, 4.69) is 5.32 Å². The van der Waals surface area contributed by atoms with Gasteiger partial charge in [-0.15, -0.1) is 0 Å². The lowest BCUT2D eigenvalue weighted by Crippen LogP contribution is -2.51. The average molecular weight is 298 g/mol. The molecule has 2 fully saturated rings. The normalized spacial score (nSPS) is 29.0. The van der Waals surface area contributed by atoms with Gasteiger partial charge in [-0.25, -0.2) is 9.59 Å². The number of rotatable bonds is 2. The summed E-state index contributed by atoms with van der Waals surface area (Å²) in [6, 6.07) is -1.57. The van der Waals surface area contributed by atoms with Crippen molar-refractivity contribution in [3.05, 3.63) is 0 Å². The molecule has 7 nitrogen and oxygen atoms in total. The van der Waals surface area contributed by atoms with Gasteiger partial charge in [0.05, 0.1) is 0 Å². The summed E-state index contributed by atoms with van der Waals surface area (Å²) in [5.41, 5.74) is -0.637. The van der Waals surface area contributed by atoms with Crippen molar-refractivity contribution in [2.45, 2.75) is 70.2 Å². The second-order valence-electron chi connectivity index (χ2n) is 6.62. The van der Waals surface area contributed by atoms with E-state index in [-0.39, 0.29) is 11.9 Å². The molecule has 3 atom stereocenters. The van der Waals surface area contributed by atoms with Gasteiger partial charge in [0.25, 0.3) is 0 Å². The number of carboxylic acid groups (broad SMARTS) is 1. The average Bonchev–Trinajstić information content (AvgIpc) is 2.63. The monoisotopic (exact) mass is 298 g/mol. The Kier molecular flexibility index (Phi) is 4.11. The van der Waals surface area contributed by atoms with Crippen LogP contribution >= 0.6 is 0 Å². The van der Waals surface area contributed by atoms with Crippen molar-refractivity contribution < 1.29 is 24.2 Å². The van der Waals surface area contributed by atoms with Gasteiger partial charge in [-0.3, -0.25) is 4.79 Å². The van der Waals surface area contributed by atoms with Gasteiger partial charge in [0.2, 0.25) is 5.91 Å². The van der Waals surface area contributed by atoms with Crippen LogP contribution in [0.2, 0.25) is 0 Å². The molecule has 0 spiro atoms. The highest BCUT2D eigenvalue weighted by molar-refractivity contribution is 5.91. The zero-order valence-electron chi connectivity index (χ0n) is 12.6. The molecule has 0 bridgehead atoms. The van der Waals surface area contributed by atoms with E-state index in [1.54, 1.807) is 20.8 Å². The molecular formula is C14H22N2O5. The topological polar surface area (TPSA) is 95.9 Å². The Balaban J connectivity index is 2.03. The van der Waals surface area contributed by atoms with E-state index >= 15 is 0 Å². The summed E-state index contributed by atoms with van der Waals surface area (Å²) in [5, 5.41) is 11.8. The predicted molar refractivity (Wildman–Crippen MR) is 73.7 cm³/mol. The molecule has 0 aliphatic carbocycles. The maximum Gasteiger partial charge on any atom is 0.408 e. The van der Waals surface area contributed by atoms with Crippen LogP contribution in [0.15, 0.2) is 0 Å². The number of ether oxygens (including phenoxy) is 1. The fourth-order valence-corrected chi connectivity index (χ4v) is 3.01. The van der Waals surface area contributed by atoms with Gasteiger partial charge < -0.3 is 20.1 Å². The fourth-order valence-electron chi connectivity index (χ4n) is 3.01. The Hall–Kier alpha value is -1.79. The molecule has 2 aliphatic heterocycles. The zero-order valence-corrected chi connectivity index (χ0v) is 12.6. The van der Waals surface area contributed by atoms with Gasteiger partial charge in [0.1, 0.15) is 17.7 Å². The Labute approximate surface area is 123 Å². The lowest BCUT2D eigenvalue weighted by atomic mass is 9.96. The number of carbonyl (C=O) groups excluding carboxylic acids is 2. The predicted octanol–water partition coefficient (Wildman–Crippen LogP) is 1.12. The lowest BCUT2D eigenvalue weighted by Gasteiger charge is -2.34. The summed E-state index contributed by atoms with van der Waals surface area (Å²) < 4.78 is 5.14. The molecule has 0 radical (unpaired) electrons. The lowest BCUT2D eigenvalue weighted by molar-refractivity contribution is -0.152. The highest BCUT2D eigenvalue weighted by Gasteiger charge is 2.47. The second-order valence-corrected chi connectivity index (χ2v) is 6.62. The van der Waals surface area contributed by atoms with Gasteiger partial charge in [-0.05, 0) is 46.5 Å². The van der Waals surface area contributed by atoms with Gasteiger partial charge in [0, 0.05) is 6.04 Å². The van der Waals surface area contributed by atoms with Crippen molar-refractivity contribution in [3.63, 3.8) is 0 Å². The Morgan fingerprint density at radius 1 is 1.33 bits per heavy atom. The molecule has 0 aromatic heterocycles. The number of carbonyl (C=O) groups is 3. The molecule has 0 aromatic carbocycles. The summed E-state index contributed by atoms with van der Waals surface area (Å²) in [6.45, 7) is 5.23.